The van der Waals surface area contributed by atoms with Gasteiger partial charge in [-0.05, 0) is 6.92 Å². The van der Waals surface area contributed by atoms with Crippen molar-refractivity contribution in [3.63, 3.8) is 0 Å². The number of carbonyl (C=O) groups is 1. The van der Waals surface area contributed by atoms with Crippen molar-refractivity contribution < 1.29 is 9.32 Å². The predicted molar refractivity (Wildman–Crippen MR) is 75.8 cm³/mol. The molecule has 108 valence electrons. The summed E-state index contributed by atoms with van der Waals surface area (Å²) >= 11 is 1.27. The highest BCUT2D eigenvalue weighted by atomic mass is 32.1. The molecule has 0 fully saturated rings. The molecule has 2 rings (SSSR count). The van der Waals surface area contributed by atoms with Crippen LogP contribution in [-0.2, 0) is 6.42 Å². The summed E-state index contributed by atoms with van der Waals surface area (Å²) in [5, 5.41) is 6.97. The number of hydrogen-bond acceptors (Lipinski definition) is 8. The van der Waals surface area contributed by atoms with E-state index in [1.54, 1.807) is 0 Å². The summed E-state index contributed by atoms with van der Waals surface area (Å²) in [4.78, 5) is 22.4. The second kappa shape index (κ2) is 6.33. The maximum atomic E-state index is 12.0. The molecule has 9 heteroatoms. The zero-order valence-electron chi connectivity index (χ0n) is 11.3. The fourth-order valence-electron chi connectivity index (χ4n) is 1.45. The highest BCUT2D eigenvalue weighted by Crippen LogP contribution is 2.27. The minimum atomic E-state index is -0.240. The average Bonchev–Trinajstić information content (AvgIpc) is 3.07. The van der Waals surface area contributed by atoms with Crippen molar-refractivity contribution in [2.75, 3.05) is 30.8 Å². The van der Waals surface area contributed by atoms with E-state index < -0.39 is 0 Å². The van der Waals surface area contributed by atoms with Gasteiger partial charge in [-0.15, -0.1) is 0 Å². The summed E-state index contributed by atoms with van der Waals surface area (Å²) in [7, 11) is 1.90. The third-order valence-corrected chi connectivity index (χ3v) is 3.86. The van der Waals surface area contributed by atoms with E-state index in [0.717, 1.165) is 11.7 Å². The Bertz CT molecular complexity index is 567. The van der Waals surface area contributed by atoms with Crippen LogP contribution in [0.1, 0.15) is 22.5 Å². The van der Waals surface area contributed by atoms with Crippen molar-refractivity contribution >= 4 is 28.2 Å². The van der Waals surface area contributed by atoms with Gasteiger partial charge in [-0.1, -0.05) is 16.5 Å². The number of hydrogen-bond donors (Lipinski definition) is 2. The number of rotatable bonds is 6. The molecule has 8 nitrogen and oxygen atoms in total. The van der Waals surface area contributed by atoms with Gasteiger partial charge in [-0.25, -0.2) is 4.98 Å². The minimum absolute atomic E-state index is 0.240. The number of nitrogens with two attached hydrogens (primary N) is 1. The van der Waals surface area contributed by atoms with Crippen LogP contribution < -0.4 is 16.0 Å². The van der Waals surface area contributed by atoms with Crippen LogP contribution in [0.15, 0.2) is 10.9 Å². The van der Waals surface area contributed by atoms with Gasteiger partial charge in [0.05, 0.1) is 0 Å². The van der Waals surface area contributed by atoms with Crippen molar-refractivity contribution in [1.82, 2.24) is 20.4 Å². The summed E-state index contributed by atoms with van der Waals surface area (Å²) in [6.07, 6.45) is 1.80. The lowest BCUT2D eigenvalue weighted by Gasteiger charge is -2.10. The Hall–Kier alpha value is -2.16. The lowest BCUT2D eigenvalue weighted by atomic mass is 10.4. The first-order valence-corrected chi connectivity index (χ1v) is 6.94. The Kier molecular flexibility index (Phi) is 4.51. The zero-order valence-corrected chi connectivity index (χ0v) is 12.1. The number of anilines is 2. The van der Waals surface area contributed by atoms with Gasteiger partial charge in [0.25, 0.3) is 5.91 Å². The van der Waals surface area contributed by atoms with Gasteiger partial charge in [-0.2, -0.15) is 4.98 Å². The topological polar surface area (TPSA) is 110 Å². The highest BCUT2D eigenvalue weighted by Gasteiger charge is 2.17. The molecule has 0 aliphatic heterocycles. The van der Waals surface area contributed by atoms with Crippen LogP contribution in [0.5, 0.6) is 0 Å². The summed E-state index contributed by atoms with van der Waals surface area (Å²) in [6, 6.07) is 0. The number of amides is 1. The fraction of sp³-hybridized carbons (Fsp3) is 0.455. The summed E-state index contributed by atoms with van der Waals surface area (Å²) in [5.41, 5.74) is 5.77. The molecule has 2 heterocycles. The number of carbonyl (C=O) groups excluding carboxylic acids is 1. The van der Waals surface area contributed by atoms with Crippen LogP contribution in [0.4, 0.5) is 10.9 Å². The molecule has 0 aromatic carbocycles. The molecule has 0 saturated heterocycles. The molecule has 0 atom stereocenters. The predicted octanol–water partition coefficient (Wildman–Crippen LogP) is 0.537. The van der Waals surface area contributed by atoms with Crippen molar-refractivity contribution in [3.8, 4) is 0 Å². The molecule has 0 unspecified atom stereocenters. The van der Waals surface area contributed by atoms with Gasteiger partial charge in [-0.3, -0.25) is 4.79 Å². The van der Waals surface area contributed by atoms with Crippen molar-refractivity contribution in [2.24, 2.45) is 0 Å². The van der Waals surface area contributed by atoms with E-state index in [2.05, 4.69) is 20.4 Å². The van der Waals surface area contributed by atoms with E-state index in [-0.39, 0.29) is 11.7 Å². The van der Waals surface area contributed by atoms with Crippen LogP contribution in [0.25, 0.3) is 0 Å². The molecule has 0 saturated carbocycles. The van der Waals surface area contributed by atoms with Gasteiger partial charge in [0, 0.05) is 26.6 Å². The SMILES string of the molecule is CCN(C)c1nc(N)c(C(=O)NCCc2ncno2)s1. The van der Waals surface area contributed by atoms with Crippen LogP contribution in [0.3, 0.4) is 0 Å². The average molecular weight is 296 g/mol. The first-order valence-electron chi connectivity index (χ1n) is 6.13. The second-order valence-electron chi connectivity index (χ2n) is 4.07. The maximum absolute atomic E-state index is 12.0. The number of aromatic nitrogens is 3. The maximum Gasteiger partial charge on any atom is 0.265 e. The quantitative estimate of drug-likeness (QED) is 0.800. The Morgan fingerprint density at radius 2 is 2.40 bits per heavy atom. The molecule has 3 N–H and O–H groups in total. The molecule has 0 bridgehead atoms. The summed E-state index contributed by atoms with van der Waals surface area (Å²) in [6.45, 7) is 3.20. The van der Waals surface area contributed by atoms with E-state index in [1.165, 1.54) is 17.7 Å². The van der Waals surface area contributed by atoms with Crippen LogP contribution in [0.2, 0.25) is 0 Å². The number of nitrogen functional groups attached to an aromatic ring is 1. The van der Waals surface area contributed by atoms with Gasteiger partial charge in [0.15, 0.2) is 11.5 Å². The molecule has 2 aromatic heterocycles. The van der Waals surface area contributed by atoms with Crippen molar-refractivity contribution in [3.05, 3.63) is 17.1 Å². The van der Waals surface area contributed by atoms with Gasteiger partial charge in [0.2, 0.25) is 5.89 Å². The second-order valence-corrected chi connectivity index (χ2v) is 5.04. The Labute approximate surface area is 120 Å². The van der Waals surface area contributed by atoms with Gasteiger partial charge < -0.3 is 20.5 Å². The van der Waals surface area contributed by atoms with Gasteiger partial charge in [0.1, 0.15) is 10.7 Å². The van der Waals surface area contributed by atoms with Gasteiger partial charge >= 0.3 is 0 Å². The molecule has 1 amide bonds. The molecule has 0 spiro atoms. The van der Waals surface area contributed by atoms with E-state index in [4.69, 9.17) is 10.3 Å². The zero-order chi connectivity index (χ0) is 14.5. The number of nitrogens with one attached hydrogen (secondary N) is 1. The molecular weight excluding hydrogens is 280 g/mol. The standard InChI is InChI=1S/C11H16N6O2S/c1-3-17(2)11-16-9(12)8(20-11)10(18)13-5-4-7-14-6-15-19-7/h6H,3-5,12H2,1-2H3,(H,13,18). The van der Waals surface area contributed by atoms with Crippen LogP contribution in [-0.4, -0.2) is 41.2 Å². The largest absolute Gasteiger partial charge is 0.382 e. The lowest BCUT2D eigenvalue weighted by Crippen LogP contribution is -2.25. The smallest absolute Gasteiger partial charge is 0.265 e. The van der Waals surface area contributed by atoms with Crippen LogP contribution in [0, 0.1) is 0 Å². The Morgan fingerprint density at radius 1 is 1.60 bits per heavy atom. The first kappa shape index (κ1) is 14.3. The Balaban J connectivity index is 1.93. The number of thiazole rings is 1. The van der Waals surface area contributed by atoms with E-state index >= 15 is 0 Å². The van der Waals surface area contributed by atoms with E-state index in [1.807, 2.05) is 18.9 Å². The third-order valence-electron chi connectivity index (χ3n) is 2.68. The molecule has 0 aliphatic rings. The summed E-state index contributed by atoms with van der Waals surface area (Å²) < 4.78 is 4.84. The third kappa shape index (κ3) is 3.23. The number of nitrogens with zero attached hydrogens (tertiary/aromatic N) is 4. The molecule has 2 aromatic rings. The molecule has 20 heavy (non-hydrogen) atoms. The lowest BCUT2D eigenvalue weighted by molar-refractivity contribution is 0.0958. The van der Waals surface area contributed by atoms with Crippen molar-refractivity contribution in [2.45, 2.75) is 13.3 Å². The molecule has 0 radical (unpaired) electrons. The molecular formula is C11H16N6O2S. The molecule has 0 aliphatic carbocycles. The Morgan fingerprint density at radius 3 is 3.05 bits per heavy atom. The first-order chi connectivity index (χ1) is 9.61. The normalized spacial score (nSPS) is 10.5. The highest BCUT2D eigenvalue weighted by molar-refractivity contribution is 7.18. The summed E-state index contributed by atoms with van der Waals surface area (Å²) in [5.74, 6) is 0.491. The fourth-order valence-corrected chi connectivity index (χ4v) is 2.38. The minimum Gasteiger partial charge on any atom is -0.382 e. The van der Waals surface area contributed by atoms with Crippen LogP contribution >= 0.6 is 11.3 Å². The van der Waals surface area contributed by atoms with E-state index in [9.17, 15) is 4.79 Å². The van der Waals surface area contributed by atoms with Crippen molar-refractivity contribution in [1.29, 1.82) is 0 Å². The monoisotopic (exact) mass is 296 g/mol. The van der Waals surface area contributed by atoms with E-state index in [0.29, 0.717) is 23.7 Å².